The van der Waals surface area contributed by atoms with Crippen molar-refractivity contribution in [3.05, 3.63) is 47.0 Å². The minimum absolute atomic E-state index is 0.176. The average Bonchev–Trinajstić information content (AvgIpc) is 2.91. The zero-order valence-corrected chi connectivity index (χ0v) is 13.2. The Hall–Kier alpha value is -1.68. The number of nitrogens with zero attached hydrogens (tertiary/aromatic N) is 3. The number of nitrogens with one attached hydrogen (secondary N) is 1. The van der Waals surface area contributed by atoms with Gasteiger partial charge in [0.1, 0.15) is 5.82 Å². The molecular formula is C17H24N4. The number of fused-ring (bicyclic) bond motifs is 1. The highest BCUT2D eigenvalue weighted by atomic mass is 15.3. The maximum absolute atomic E-state index is 4.45. The van der Waals surface area contributed by atoms with Crippen LogP contribution in [0, 0.1) is 6.92 Å². The summed E-state index contributed by atoms with van der Waals surface area (Å²) in [4.78, 5) is 0. The van der Waals surface area contributed by atoms with Crippen LogP contribution in [0.15, 0.2) is 24.3 Å². The summed E-state index contributed by atoms with van der Waals surface area (Å²) in [7, 11) is 0. The van der Waals surface area contributed by atoms with E-state index in [4.69, 9.17) is 0 Å². The highest BCUT2D eigenvalue weighted by molar-refractivity contribution is 5.25. The van der Waals surface area contributed by atoms with Crippen molar-refractivity contribution in [2.75, 3.05) is 0 Å². The van der Waals surface area contributed by atoms with Gasteiger partial charge in [-0.3, -0.25) is 0 Å². The molecule has 0 saturated carbocycles. The zero-order chi connectivity index (χ0) is 14.9. The Balaban J connectivity index is 1.78. The predicted octanol–water partition coefficient (Wildman–Crippen LogP) is 2.95. The number of hydrogen-bond donors (Lipinski definition) is 1. The molecule has 3 rings (SSSR count). The van der Waals surface area contributed by atoms with Gasteiger partial charge in [0.05, 0.1) is 5.54 Å². The van der Waals surface area contributed by atoms with Crippen molar-refractivity contribution in [1.82, 2.24) is 20.1 Å². The van der Waals surface area contributed by atoms with Crippen LogP contribution in [0.2, 0.25) is 0 Å². The second-order valence-electron chi connectivity index (χ2n) is 6.45. The van der Waals surface area contributed by atoms with E-state index in [1.165, 1.54) is 24.0 Å². The fraction of sp³-hybridized carbons (Fsp3) is 0.529. The predicted molar refractivity (Wildman–Crippen MR) is 84.0 cm³/mol. The van der Waals surface area contributed by atoms with Gasteiger partial charge in [-0.1, -0.05) is 24.3 Å². The van der Waals surface area contributed by atoms with Gasteiger partial charge in [-0.25, -0.2) is 0 Å². The lowest BCUT2D eigenvalue weighted by Gasteiger charge is -2.28. The first-order chi connectivity index (χ1) is 10.1. The molecule has 0 saturated heterocycles. The van der Waals surface area contributed by atoms with Crippen molar-refractivity contribution in [1.29, 1.82) is 0 Å². The van der Waals surface area contributed by atoms with Crippen LogP contribution < -0.4 is 5.32 Å². The Labute approximate surface area is 126 Å². The Morgan fingerprint density at radius 1 is 1.19 bits per heavy atom. The Kier molecular flexibility index (Phi) is 3.81. The van der Waals surface area contributed by atoms with Crippen molar-refractivity contribution >= 4 is 0 Å². The number of rotatable bonds is 4. The van der Waals surface area contributed by atoms with E-state index in [1.807, 2.05) is 0 Å². The molecule has 0 bridgehead atoms. The molecule has 2 aromatic rings. The molecule has 0 unspecified atom stereocenters. The fourth-order valence-electron chi connectivity index (χ4n) is 2.97. The third-order valence-electron chi connectivity index (χ3n) is 4.40. The molecule has 21 heavy (non-hydrogen) atoms. The SMILES string of the molecule is Cc1ccccc1CNC(C)(C)c1nnc2n1CCCC2. The van der Waals surface area contributed by atoms with E-state index in [0.29, 0.717) is 0 Å². The van der Waals surface area contributed by atoms with Gasteiger partial charge in [-0.05, 0) is 44.7 Å². The molecule has 1 aromatic carbocycles. The topological polar surface area (TPSA) is 42.7 Å². The van der Waals surface area contributed by atoms with Gasteiger partial charge in [0.2, 0.25) is 0 Å². The maximum Gasteiger partial charge on any atom is 0.152 e. The van der Waals surface area contributed by atoms with Crippen molar-refractivity contribution in [2.24, 2.45) is 0 Å². The quantitative estimate of drug-likeness (QED) is 0.938. The van der Waals surface area contributed by atoms with Crippen LogP contribution in [0.5, 0.6) is 0 Å². The van der Waals surface area contributed by atoms with E-state index >= 15 is 0 Å². The second-order valence-corrected chi connectivity index (χ2v) is 6.45. The molecule has 0 amide bonds. The normalized spacial score (nSPS) is 15.0. The monoisotopic (exact) mass is 284 g/mol. The van der Waals surface area contributed by atoms with E-state index in [1.54, 1.807) is 0 Å². The summed E-state index contributed by atoms with van der Waals surface area (Å²) in [5.74, 6) is 2.20. The maximum atomic E-state index is 4.45. The van der Waals surface area contributed by atoms with Gasteiger partial charge in [-0.15, -0.1) is 10.2 Å². The van der Waals surface area contributed by atoms with Crippen LogP contribution in [0.4, 0.5) is 0 Å². The fourth-order valence-corrected chi connectivity index (χ4v) is 2.97. The number of aromatic nitrogens is 3. The Morgan fingerprint density at radius 3 is 2.81 bits per heavy atom. The molecule has 1 aromatic heterocycles. The largest absolute Gasteiger partial charge is 0.313 e. The van der Waals surface area contributed by atoms with Gasteiger partial charge >= 0.3 is 0 Å². The highest BCUT2D eigenvalue weighted by Gasteiger charge is 2.29. The molecule has 2 heterocycles. The lowest BCUT2D eigenvalue weighted by atomic mass is 10.0. The van der Waals surface area contributed by atoms with Crippen LogP contribution >= 0.6 is 0 Å². The standard InChI is InChI=1S/C17H24N4/c1-13-8-4-5-9-14(13)12-18-17(2,3)16-20-19-15-10-6-7-11-21(15)16/h4-5,8-9,18H,6-7,10-12H2,1-3H3. The van der Waals surface area contributed by atoms with Crippen molar-refractivity contribution in [3.63, 3.8) is 0 Å². The molecule has 0 atom stereocenters. The molecular weight excluding hydrogens is 260 g/mol. The van der Waals surface area contributed by atoms with Crippen molar-refractivity contribution in [2.45, 2.75) is 58.7 Å². The minimum Gasteiger partial charge on any atom is -0.313 e. The molecule has 0 radical (unpaired) electrons. The molecule has 4 heteroatoms. The lowest BCUT2D eigenvalue weighted by molar-refractivity contribution is 0.351. The first-order valence-corrected chi connectivity index (χ1v) is 7.80. The van der Waals surface area contributed by atoms with Crippen LogP contribution in [-0.4, -0.2) is 14.8 Å². The summed E-state index contributed by atoms with van der Waals surface area (Å²) >= 11 is 0. The van der Waals surface area contributed by atoms with E-state index in [0.717, 1.165) is 31.2 Å². The molecule has 0 spiro atoms. The van der Waals surface area contributed by atoms with Crippen molar-refractivity contribution < 1.29 is 0 Å². The molecule has 0 fully saturated rings. The second kappa shape index (κ2) is 5.60. The summed E-state index contributed by atoms with van der Waals surface area (Å²) in [6, 6.07) is 8.51. The molecule has 1 aliphatic heterocycles. The smallest absolute Gasteiger partial charge is 0.152 e. The van der Waals surface area contributed by atoms with Crippen LogP contribution in [0.25, 0.3) is 0 Å². The van der Waals surface area contributed by atoms with Gasteiger partial charge in [0.15, 0.2) is 5.82 Å². The lowest BCUT2D eigenvalue weighted by Crippen LogP contribution is -2.39. The first kappa shape index (κ1) is 14.3. The van der Waals surface area contributed by atoms with E-state index in [2.05, 4.69) is 65.1 Å². The molecule has 112 valence electrons. The summed E-state index contributed by atoms with van der Waals surface area (Å²) in [6.45, 7) is 8.44. The summed E-state index contributed by atoms with van der Waals surface area (Å²) in [5.41, 5.74) is 2.48. The molecule has 1 aliphatic rings. The van der Waals surface area contributed by atoms with Crippen LogP contribution in [0.1, 0.15) is 49.5 Å². The number of hydrogen-bond acceptors (Lipinski definition) is 3. The zero-order valence-electron chi connectivity index (χ0n) is 13.2. The summed E-state index contributed by atoms with van der Waals surface area (Å²) < 4.78 is 2.30. The van der Waals surface area contributed by atoms with Crippen LogP contribution in [0.3, 0.4) is 0 Å². The van der Waals surface area contributed by atoms with Gasteiger partial charge < -0.3 is 9.88 Å². The Bertz CT molecular complexity index is 627. The third kappa shape index (κ3) is 2.86. The molecule has 4 nitrogen and oxygen atoms in total. The van der Waals surface area contributed by atoms with E-state index < -0.39 is 0 Å². The van der Waals surface area contributed by atoms with Crippen molar-refractivity contribution in [3.8, 4) is 0 Å². The van der Waals surface area contributed by atoms with E-state index in [9.17, 15) is 0 Å². The van der Waals surface area contributed by atoms with Crippen LogP contribution in [-0.2, 0) is 25.0 Å². The number of benzene rings is 1. The van der Waals surface area contributed by atoms with E-state index in [-0.39, 0.29) is 5.54 Å². The average molecular weight is 284 g/mol. The molecule has 1 N–H and O–H groups in total. The summed E-state index contributed by atoms with van der Waals surface area (Å²) in [6.07, 6.45) is 3.52. The minimum atomic E-state index is -0.176. The number of aryl methyl sites for hydroxylation is 2. The first-order valence-electron chi connectivity index (χ1n) is 7.80. The van der Waals surface area contributed by atoms with Gasteiger partial charge in [-0.2, -0.15) is 0 Å². The summed E-state index contributed by atoms with van der Waals surface area (Å²) in [5, 5.41) is 12.5. The third-order valence-corrected chi connectivity index (χ3v) is 4.40. The van der Waals surface area contributed by atoms with Gasteiger partial charge in [0.25, 0.3) is 0 Å². The highest BCUT2D eigenvalue weighted by Crippen LogP contribution is 2.23. The Morgan fingerprint density at radius 2 is 2.00 bits per heavy atom. The molecule has 0 aliphatic carbocycles. The van der Waals surface area contributed by atoms with Gasteiger partial charge in [0, 0.05) is 19.5 Å².